The van der Waals surface area contributed by atoms with Crippen molar-refractivity contribution in [2.24, 2.45) is 27.8 Å². The van der Waals surface area contributed by atoms with Crippen LogP contribution in [0.4, 0.5) is 10.5 Å². The maximum Gasteiger partial charge on any atom is 0.437 e. The Labute approximate surface area is 174 Å². The molecular weight excluding hydrogens is 366 g/mol. The molecule has 0 saturated heterocycles. The summed E-state index contributed by atoms with van der Waals surface area (Å²) >= 11 is 0. The van der Waals surface area contributed by atoms with Crippen LogP contribution in [0.3, 0.4) is 0 Å². The first-order chi connectivity index (χ1) is 13.8. The summed E-state index contributed by atoms with van der Waals surface area (Å²) in [5, 5.41) is 7.20. The van der Waals surface area contributed by atoms with Crippen molar-refractivity contribution in [2.75, 3.05) is 32.1 Å². The summed E-state index contributed by atoms with van der Waals surface area (Å²) < 4.78 is 5.14. The fraction of sp³-hybridized carbons (Fsp3) is 0.652. The molecule has 0 heterocycles. The van der Waals surface area contributed by atoms with E-state index in [2.05, 4.69) is 50.0 Å². The Morgan fingerprint density at radius 2 is 1.86 bits per heavy atom. The third-order valence-electron chi connectivity index (χ3n) is 7.62. The average molecular weight is 402 g/mol. The van der Waals surface area contributed by atoms with E-state index >= 15 is 0 Å². The largest absolute Gasteiger partial charge is 0.497 e. The molecular formula is C23H35N3O3. The molecule has 0 spiro atoms. The summed E-state index contributed by atoms with van der Waals surface area (Å²) in [6.45, 7) is 14.4. The van der Waals surface area contributed by atoms with Crippen LogP contribution in [0.2, 0.25) is 0 Å². The van der Waals surface area contributed by atoms with E-state index in [4.69, 9.17) is 9.57 Å². The fourth-order valence-corrected chi connectivity index (χ4v) is 5.35. The second-order valence-corrected chi connectivity index (χ2v) is 9.00. The van der Waals surface area contributed by atoms with Gasteiger partial charge in [0.1, 0.15) is 5.75 Å². The third kappa shape index (κ3) is 3.87. The van der Waals surface area contributed by atoms with E-state index in [0.717, 1.165) is 37.5 Å². The molecule has 0 aromatic heterocycles. The van der Waals surface area contributed by atoms with Crippen molar-refractivity contribution in [3.63, 3.8) is 0 Å². The minimum Gasteiger partial charge on any atom is -0.497 e. The Morgan fingerprint density at radius 1 is 1.21 bits per heavy atom. The molecule has 1 aromatic rings. The molecule has 1 N–H and O–H groups in total. The van der Waals surface area contributed by atoms with Crippen LogP contribution in [-0.2, 0) is 4.84 Å². The van der Waals surface area contributed by atoms with Crippen LogP contribution >= 0.6 is 0 Å². The zero-order valence-corrected chi connectivity index (χ0v) is 18.6. The molecule has 1 aromatic carbocycles. The van der Waals surface area contributed by atoms with Gasteiger partial charge in [-0.25, -0.2) is 4.79 Å². The zero-order valence-electron chi connectivity index (χ0n) is 18.6. The lowest BCUT2D eigenvalue weighted by Gasteiger charge is -2.34. The van der Waals surface area contributed by atoms with Gasteiger partial charge >= 0.3 is 6.09 Å². The van der Waals surface area contributed by atoms with Gasteiger partial charge < -0.3 is 9.64 Å². The highest BCUT2D eigenvalue weighted by atomic mass is 16.7. The minimum atomic E-state index is -0.562. The number of benzene rings is 1. The molecule has 2 aliphatic carbocycles. The molecule has 2 fully saturated rings. The predicted octanol–water partition coefficient (Wildman–Crippen LogP) is 5.01. The maximum absolute atomic E-state index is 12.4. The lowest BCUT2D eigenvalue weighted by molar-refractivity contribution is 0.158. The maximum atomic E-state index is 12.4. The SMILES string of the molecule is CCN(CC)CC1/C(=N/OC(=O)Nc2ccc(OC)cc2)[C@]2(C)CC[C@H]1C2(C)C. The van der Waals surface area contributed by atoms with E-state index in [1.54, 1.807) is 31.4 Å². The highest BCUT2D eigenvalue weighted by molar-refractivity contribution is 5.97. The normalized spacial score (nSPS) is 28.7. The topological polar surface area (TPSA) is 63.2 Å². The summed E-state index contributed by atoms with van der Waals surface area (Å²) in [6, 6.07) is 7.14. The number of anilines is 1. The molecule has 2 aliphatic rings. The van der Waals surface area contributed by atoms with Gasteiger partial charge in [0.25, 0.3) is 0 Å². The van der Waals surface area contributed by atoms with Crippen molar-refractivity contribution in [3.05, 3.63) is 24.3 Å². The van der Waals surface area contributed by atoms with Crippen LogP contribution in [0.15, 0.2) is 29.4 Å². The van der Waals surface area contributed by atoms with Gasteiger partial charge in [0, 0.05) is 23.6 Å². The first-order valence-electron chi connectivity index (χ1n) is 10.7. The molecule has 6 nitrogen and oxygen atoms in total. The number of amides is 1. The van der Waals surface area contributed by atoms with E-state index in [-0.39, 0.29) is 10.8 Å². The fourth-order valence-electron chi connectivity index (χ4n) is 5.35. The Bertz CT molecular complexity index is 755. The van der Waals surface area contributed by atoms with Crippen molar-refractivity contribution in [3.8, 4) is 5.75 Å². The van der Waals surface area contributed by atoms with Crippen LogP contribution < -0.4 is 10.1 Å². The van der Waals surface area contributed by atoms with Gasteiger partial charge in [-0.05, 0) is 61.5 Å². The summed E-state index contributed by atoms with van der Waals surface area (Å²) in [4.78, 5) is 20.2. The number of nitrogens with one attached hydrogen (secondary N) is 1. The van der Waals surface area contributed by atoms with Gasteiger partial charge in [-0.2, -0.15) is 0 Å². The number of methoxy groups -OCH3 is 1. The quantitative estimate of drug-likeness (QED) is 0.515. The minimum absolute atomic E-state index is 0.0319. The summed E-state index contributed by atoms with van der Waals surface area (Å²) in [7, 11) is 1.61. The summed E-state index contributed by atoms with van der Waals surface area (Å²) in [6.07, 6.45) is 1.75. The van der Waals surface area contributed by atoms with Crippen molar-refractivity contribution >= 4 is 17.5 Å². The van der Waals surface area contributed by atoms with Gasteiger partial charge in [-0.3, -0.25) is 10.2 Å². The second-order valence-electron chi connectivity index (χ2n) is 9.00. The number of fused-ring (bicyclic) bond motifs is 2. The van der Waals surface area contributed by atoms with E-state index in [1.165, 1.54) is 6.42 Å². The number of oxime groups is 1. The van der Waals surface area contributed by atoms with Crippen LogP contribution in [0.25, 0.3) is 0 Å². The number of ether oxygens (including phenoxy) is 1. The Balaban J connectivity index is 1.76. The molecule has 29 heavy (non-hydrogen) atoms. The number of carbonyl (C=O) groups excluding carboxylic acids is 1. The Hall–Kier alpha value is -2.08. The summed E-state index contributed by atoms with van der Waals surface area (Å²) in [5.74, 6) is 1.64. The molecule has 0 radical (unpaired) electrons. The average Bonchev–Trinajstić information content (AvgIpc) is 3.03. The molecule has 3 rings (SSSR count). The van der Waals surface area contributed by atoms with E-state index < -0.39 is 6.09 Å². The van der Waals surface area contributed by atoms with Crippen LogP contribution in [0, 0.1) is 22.7 Å². The van der Waals surface area contributed by atoms with E-state index in [9.17, 15) is 4.79 Å². The van der Waals surface area contributed by atoms with Crippen molar-refractivity contribution in [1.29, 1.82) is 0 Å². The standard InChI is InChI=1S/C23H35N3O3/c1-7-26(8-2)15-18-19-13-14-23(5,22(19,3)4)20(18)25-29-21(27)24-16-9-11-17(28-6)12-10-16/h9-12,18-19H,7-8,13-15H2,1-6H3,(H,24,27)/b25-20-/t18?,19-,23+/m1/s1. The molecule has 1 unspecified atom stereocenters. The number of nitrogens with zero attached hydrogens (tertiary/aromatic N) is 2. The first-order valence-corrected chi connectivity index (χ1v) is 10.7. The lowest BCUT2D eigenvalue weighted by Crippen LogP contribution is -2.39. The van der Waals surface area contributed by atoms with Gasteiger partial charge in [-0.15, -0.1) is 0 Å². The number of hydrogen-bond acceptors (Lipinski definition) is 5. The zero-order chi connectivity index (χ0) is 21.2. The lowest BCUT2D eigenvalue weighted by atomic mass is 9.70. The van der Waals surface area contributed by atoms with Crippen molar-refractivity contribution < 1.29 is 14.4 Å². The van der Waals surface area contributed by atoms with Gasteiger partial charge in [0.2, 0.25) is 0 Å². The molecule has 2 saturated carbocycles. The number of carbonyl (C=O) groups is 1. The van der Waals surface area contributed by atoms with Crippen molar-refractivity contribution in [2.45, 2.75) is 47.5 Å². The highest BCUT2D eigenvalue weighted by Gasteiger charge is 2.65. The molecule has 160 valence electrons. The third-order valence-corrected chi connectivity index (χ3v) is 7.62. The van der Waals surface area contributed by atoms with Crippen LogP contribution in [-0.4, -0.2) is 43.4 Å². The monoisotopic (exact) mass is 401 g/mol. The molecule has 6 heteroatoms. The smallest absolute Gasteiger partial charge is 0.437 e. The van der Waals surface area contributed by atoms with E-state index in [1.807, 2.05) is 0 Å². The Kier molecular flexibility index (Phi) is 6.22. The Morgan fingerprint density at radius 3 is 2.45 bits per heavy atom. The van der Waals surface area contributed by atoms with Crippen LogP contribution in [0.1, 0.15) is 47.5 Å². The number of hydrogen-bond donors (Lipinski definition) is 1. The molecule has 3 atom stereocenters. The molecule has 1 amide bonds. The predicted molar refractivity (Wildman–Crippen MR) is 116 cm³/mol. The molecule has 0 aliphatic heterocycles. The van der Waals surface area contributed by atoms with Gasteiger partial charge in [-0.1, -0.05) is 39.8 Å². The van der Waals surface area contributed by atoms with Gasteiger partial charge in [0.15, 0.2) is 0 Å². The van der Waals surface area contributed by atoms with E-state index in [0.29, 0.717) is 17.5 Å². The van der Waals surface area contributed by atoms with Gasteiger partial charge in [0.05, 0.1) is 12.8 Å². The second kappa shape index (κ2) is 8.34. The van der Waals surface area contributed by atoms with Crippen molar-refractivity contribution in [1.82, 2.24) is 4.90 Å². The number of rotatable bonds is 7. The highest BCUT2D eigenvalue weighted by Crippen LogP contribution is 2.66. The molecule has 2 bridgehead atoms. The summed E-state index contributed by atoms with van der Waals surface area (Å²) in [5.41, 5.74) is 1.82. The first kappa shape index (κ1) is 21.6. The van der Waals surface area contributed by atoms with Crippen LogP contribution in [0.5, 0.6) is 5.75 Å².